The van der Waals surface area contributed by atoms with Crippen molar-refractivity contribution >= 4 is 17.1 Å². The third-order valence-electron chi connectivity index (χ3n) is 7.68. The molecule has 40 heavy (non-hydrogen) atoms. The maximum atomic E-state index is 13.9. The van der Waals surface area contributed by atoms with E-state index >= 15 is 0 Å². The Balaban J connectivity index is 1.78. The van der Waals surface area contributed by atoms with Gasteiger partial charge in [0.15, 0.2) is 11.4 Å². The van der Waals surface area contributed by atoms with Crippen LogP contribution in [-0.2, 0) is 16.7 Å². The molecule has 0 bridgehead atoms. The van der Waals surface area contributed by atoms with Gasteiger partial charge in [0.25, 0.3) is 0 Å². The van der Waals surface area contributed by atoms with Gasteiger partial charge in [-0.05, 0) is 44.2 Å². The summed E-state index contributed by atoms with van der Waals surface area (Å²) in [6, 6.07) is 3.90. The lowest BCUT2D eigenvalue weighted by molar-refractivity contribution is 0.0965. The summed E-state index contributed by atoms with van der Waals surface area (Å²) in [5.74, 6) is 1.30. The molecule has 0 atom stereocenters. The number of aromatic nitrogens is 4. The molecule has 0 aliphatic carbocycles. The normalized spacial score (nSPS) is 14.8. The first-order valence-electron chi connectivity index (χ1n) is 14.2. The van der Waals surface area contributed by atoms with Crippen LogP contribution in [0.3, 0.4) is 0 Å². The van der Waals surface area contributed by atoms with E-state index in [2.05, 4.69) is 44.5 Å². The van der Waals surface area contributed by atoms with Crippen molar-refractivity contribution in [3.8, 4) is 11.6 Å². The molecule has 218 valence electrons. The van der Waals surface area contributed by atoms with E-state index in [0.717, 1.165) is 54.1 Å². The highest BCUT2D eigenvalue weighted by atomic mass is 16.5. The average Bonchev–Trinajstić information content (AvgIpc) is 3.29. The molecule has 2 aromatic heterocycles. The topological polar surface area (TPSA) is 95.5 Å². The van der Waals surface area contributed by atoms with Crippen LogP contribution >= 0.6 is 0 Å². The van der Waals surface area contributed by atoms with Gasteiger partial charge in [0.2, 0.25) is 11.5 Å². The van der Waals surface area contributed by atoms with Crippen molar-refractivity contribution in [1.29, 1.82) is 0 Å². The Labute approximate surface area is 236 Å². The SMILES string of the molecule is CCC(CC)Oc1nn2/c(=N/C)n(CC(=O)c3cc(N4CCOCC4)c(OC)c(C(C)(C)C)c3)nc2c(C)c1C. The summed E-state index contributed by atoms with van der Waals surface area (Å²) in [4.78, 5) is 20.6. The second-order valence-corrected chi connectivity index (χ2v) is 11.4. The summed E-state index contributed by atoms with van der Waals surface area (Å²) in [5, 5.41) is 9.54. The number of methoxy groups -OCH3 is 1. The highest BCUT2D eigenvalue weighted by Crippen LogP contribution is 2.40. The highest BCUT2D eigenvalue weighted by Gasteiger charge is 2.28. The smallest absolute Gasteiger partial charge is 0.245 e. The van der Waals surface area contributed by atoms with E-state index < -0.39 is 0 Å². The first-order chi connectivity index (χ1) is 19.0. The number of carbonyl (C=O) groups excluding carboxylic acids is 1. The Morgan fingerprint density at radius 2 is 1.77 bits per heavy atom. The van der Waals surface area contributed by atoms with Crippen molar-refractivity contribution in [3.05, 3.63) is 40.0 Å². The number of morpholine rings is 1. The van der Waals surface area contributed by atoms with Gasteiger partial charge >= 0.3 is 0 Å². The molecular weight excluding hydrogens is 508 g/mol. The first-order valence-corrected chi connectivity index (χ1v) is 14.2. The largest absolute Gasteiger partial charge is 0.494 e. The number of fused-ring (bicyclic) bond motifs is 1. The minimum absolute atomic E-state index is 0.0235. The predicted octanol–water partition coefficient (Wildman–Crippen LogP) is 4.27. The Morgan fingerprint density at radius 3 is 2.35 bits per heavy atom. The van der Waals surface area contributed by atoms with Gasteiger partial charge in [0.1, 0.15) is 12.3 Å². The molecule has 1 fully saturated rings. The van der Waals surface area contributed by atoms with Gasteiger partial charge < -0.3 is 19.1 Å². The standard InChI is InChI=1S/C30H44N6O4/c1-10-22(11-2)40-28-20(4)19(3)27-32-35(29(31-8)36(27)33-28)18-25(37)21-16-23(30(5,6)7)26(38-9)24(17-21)34-12-14-39-15-13-34/h16-17,22H,10-15,18H2,1-9H3/b31-29+. The van der Waals surface area contributed by atoms with Crippen LogP contribution in [0, 0.1) is 13.8 Å². The van der Waals surface area contributed by atoms with Crippen molar-refractivity contribution in [3.63, 3.8) is 0 Å². The summed E-state index contributed by atoms with van der Waals surface area (Å²) >= 11 is 0. The molecule has 0 amide bonds. The maximum Gasteiger partial charge on any atom is 0.245 e. The third kappa shape index (κ3) is 5.73. The van der Waals surface area contributed by atoms with Crippen LogP contribution in [0.25, 0.3) is 5.65 Å². The molecule has 0 unspecified atom stereocenters. The number of Topliss-reactive ketones (excluding diaryl/α,β-unsaturated/α-hetero) is 1. The van der Waals surface area contributed by atoms with E-state index in [1.54, 1.807) is 23.4 Å². The summed E-state index contributed by atoms with van der Waals surface area (Å²) in [6.45, 7) is 17.4. The Bertz CT molecular complexity index is 1440. The summed E-state index contributed by atoms with van der Waals surface area (Å²) in [5.41, 5.74) is 5.30. The average molecular weight is 553 g/mol. The monoisotopic (exact) mass is 552 g/mol. The molecule has 10 heteroatoms. The number of nitrogens with zero attached hydrogens (tertiary/aromatic N) is 6. The molecular formula is C30H44N6O4. The lowest BCUT2D eigenvalue weighted by atomic mass is 9.84. The van der Waals surface area contributed by atoms with Crippen LogP contribution in [0.5, 0.6) is 11.6 Å². The van der Waals surface area contributed by atoms with Crippen LogP contribution < -0.4 is 20.0 Å². The van der Waals surface area contributed by atoms with Crippen LogP contribution in [0.1, 0.15) is 74.5 Å². The number of ether oxygens (including phenoxy) is 3. The Hall–Kier alpha value is -3.40. The maximum absolute atomic E-state index is 13.9. The van der Waals surface area contributed by atoms with Crippen molar-refractivity contribution < 1.29 is 19.0 Å². The molecule has 3 aromatic rings. The number of hydrogen-bond acceptors (Lipinski definition) is 8. The second-order valence-electron chi connectivity index (χ2n) is 11.4. The van der Waals surface area contributed by atoms with E-state index in [1.807, 2.05) is 26.0 Å². The van der Waals surface area contributed by atoms with Crippen LogP contribution in [0.4, 0.5) is 5.69 Å². The molecule has 4 rings (SSSR count). The molecule has 0 N–H and O–H groups in total. The molecule has 1 aliphatic heterocycles. The van der Waals surface area contributed by atoms with E-state index in [4.69, 9.17) is 24.4 Å². The number of hydrogen-bond donors (Lipinski definition) is 0. The first kappa shape index (κ1) is 29.6. The molecule has 0 spiro atoms. The molecule has 0 saturated carbocycles. The Morgan fingerprint density at radius 1 is 1.10 bits per heavy atom. The van der Waals surface area contributed by atoms with Gasteiger partial charge in [-0.2, -0.15) is 4.52 Å². The van der Waals surface area contributed by atoms with E-state index in [-0.39, 0.29) is 23.8 Å². The number of anilines is 1. The van der Waals surface area contributed by atoms with Gasteiger partial charge in [-0.1, -0.05) is 34.6 Å². The van der Waals surface area contributed by atoms with Crippen molar-refractivity contribution in [2.75, 3.05) is 45.4 Å². The molecule has 10 nitrogen and oxygen atoms in total. The number of carbonyl (C=O) groups is 1. The van der Waals surface area contributed by atoms with Gasteiger partial charge in [0, 0.05) is 42.4 Å². The fraction of sp³-hybridized carbons (Fsp3) is 0.600. The van der Waals surface area contributed by atoms with Gasteiger partial charge in [-0.15, -0.1) is 10.2 Å². The van der Waals surface area contributed by atoms with E-state index in [9.17, 15) is 4.79 Å². The van der Waals surface area contributed by atoms with E-state index in [0.29, 0.717) is 35.9 Å². The number of ketones is 1. The van der Waals surface area contributed by atoms with Gasteiger partial charge in [-0.25, -0.2) is 4.68 Å². The van der Waals surface area contributed by atoms with Crippen molar-refractivity contribution in [2.45, 2.75) is 79.4 Å². The van der Waals surface area contributed by atoms with Crippen LogP contribution in [-0.4, -0.2) is 71.7 Å². The molecule has 0 radical (unpaired) electrons. The zero-order chi connectivity index (χ0) is 29.2. The lowest BCUT2D eigenvalue weighted by Crippen LogP contribution is -2.37. The van der Waals surface area contributed by atoms with Gasteiger partial charge in [0.05, 0.1) is 32.1 Å². The Kier molecular flexibility index (Phi) is 8.87. The summed E-state index contributed by atoms with van der Waals surface area (Å²) in [7, 11) is 3.38. The quantitative estimate of drug-likeness (QED) is 0.366. The number of rotatable bonds is 9. The van der Waals surface area contributed by atoms with Crippen molar-refractivity contribution in [2.24, 2.45) is 4.99 Å². The van der Waals surface area contributed by atoms with Crippen LogP contribution in [0.2, 0.25) is 0 Å². The zero-order valence-electron chi connectivity index (χ0n) is 25.5. The molecule has 3 heterocycles. The lowest BCUT2D eigenvalue weighted by Gasteiger charge is -2.33. The molecule has 1 aliphatic rings. The summed E-state index contributed by atoms with van der Waals surface area (Å²) < 4.78 is 21.0. The predicted molar refractivity (Wildman–Crippen MR) is 156 cm³/mol. The number of aryl methyl sites for hydroxylation is 1. The zero-order valence-corrected chi connectivity index (χ0v) is 25.5. The van der Waals surface area contributed by atoms with Crippen molar-refractivity contribution in [1.82, 2.24) is 19.4 Å². The minimum atomic E-state index is -0.230. The fourth-order valence-electron chi connectivity index (χ4n) is 5.08. The van der Waals surface area contributed by atoms with E-state index in [1.165, 1.54) is 0 Å². The fourth-order valence-corrected chi connectivity index (χ4v) is 5.08. The molecule has 1 saturated heterocycles. The molecule has 1 aromatic carbocycles. The minimum Gasteiger partial charge on any atom is -0.494 e. The third-order valence-corrected chi connectivity index (χ3v) is 7.68. The highest BCUT2D eigenvalue weighted by molar-refractivity contribution is 5.97. The number of benzene rings is 1. The van der Waals surface area contributed by atoms with Gasteiger partial charge in [-0.3, -0.25) is 9.79 Å². The summed E-state index contributed by atoms with van der Waals surface area (Å²) in [6.07, 6.45) is 1.86. The van der Waals surface area contributed by atoms with Crippen LogP contribution in [0.15, 0.2) is 17.1 Å². The second kappa shape index (κ2) is 12.0.